The predicted octanol–water partition coefficient (Wildman–Crippen LogP) is 0.637. The summed E-state index contributed by atoms with van der Waals surface area (Å²) in [5.41, 5.74) is 3.82. The van der Waals surface area contributed by atoms with Crippen LogP contribution in [0.5, 0.6) is 0 Å². The molecule has 0 spiro atoms. The summed E-state index contributed by atoms with van der Waals surface area (Å²) in [6.45, 7) is 4.20. The summed E-state index contributed by atoms with van der Waals surface area (Å²) < 4.78 is 0. The molecule has 1 heterocycles. The number of aromatic nitrogens is 2. The first-order chi connectivity index (χ1) is 5.75. The summed E-state index contributed by atoms with van der Waals surface area (Å²) in [5, 5.41) is 7.49. The van der Waals surface area contributed by atoms with E-state index in [1.165, 1.54) is 0 Å². The lowest BCUT2D eigenvalue weighted by Crippen LogP contribution is -2.31. The molecule has 1 rings (SSSR count). The summed E-state index contributed by atoms with van der Waals surface area (Å²) in [6, 6.07) is 2.07. The maximum Gasteiger partial charge on any atom is 0.0544 e. The maximum atomic E-state index is 5.41. The topological polar surface area (TPSA) is 63.8 Å². The molecule has 4 nitrogen and oxygen atoms in total. The highest BCUT2D eigenvalue weighted by atomic mass is 15.2. The van der Waals surface area contributed by atoms with Crippen LogP contribution in [0.4, 0.5) is 0 Å². The molecular formula is C8H14N4. The van der Waals surface area contributed by atoms with Gasteiger partial charge in [0.15, 0.2) is 0 Å². The SMILES string of the molecule is CC(C)C(NN)c1ccnnc1. The van der Waals surface area contributed by atoms with Crippen LogP contribution in [-0.4, -0.2) is 10.2 Å². The minimum Gasteiger partial charge on any atom is -0.271 e. The summed E-state index contributed by atoms with van der Waals surface area (Å²) in [6.07, 6.45) is 3.40. The molecule has 0 radical (unpaired) electrons. The molecule has 4 heteroatoms. The van der Waals surface area contributed by atoms with Crippen molar-refractivity contribution in [3.8, 4) is 0 Å². The van der Waals surface area contributed by atoms with Gasteiger partial charge in [-0.25, -0.2) is 0 Å². The van der Waals surface area contributed by atoms with Crippen LogP contribution in [0.25, 0.3) is 0 Å². The third-order valence-electron chi connectivity index (χ3n) is 1.81. The monoisotopic (exact) mass is 166 g/mol. The van der Waals surface area contributed by atoms with E-state index in [1.54, 1.807) is 12.4 Å². The molecule has 1 atom stereocenters. The van der Waals surface area contributed by atoms with Crippen LogP contribution in [0.1, 0.15) is 25.5 Å². The quantitative estimate of drug-likeness (QED) is 0.511. The van der Waals surface area contributed by atoms with Gasteiger partial charge >= 0.3 is 0 Å². The average molecular weight is 166 g/mol. The van der Waals surface area contributed by atoms with Crippen molar-refractivity contribution < 1.29 is 0 Å². The minimum absolute atomic E-state index is 0.153. The molecule has 0 aliphatic carbocycles. The first kappa shape index (κ1) is 9.09. The van der Waals surface area contributed by atoms with Crippen molar-refractivity contribution in [3.63, 3.8) is 0 Å². The lowest BCUT2D eigenvalue weighted by atomic mass is 9.99. The number of hydrogen-bond donors (Lipinski definition) is 2. The van der Waals surface area contributed by atoms with Crippen LogP contribution in [-0.2, 0) is 0 Å². The Morgan fingerprint density at radius 1 is 1.42 bits per heavy atom. The summed E-state index contributed by atoms with van der Waals surface area (Å²) in [4.78, 5) is 0. The second-order valence-electron chi connectivity index (χ2n) is 3.06. The summed E-state index contributed by atoms with van der Waals surface area (Å²) in [5.74, 6) is 5.85. The van der Waals surface area contributed by atoms with Crippen molar-refractivity contribution in [1.82, 2.24) is 15.6 Å². The number of nitrogens with zero attached hydrogens (tertiary/aromatic N) is 2. The fourth-order valence-electron chi connectivity index (χ4n) is 1.16. The van der Waals surface area contributed by atoms with Gasteiger partial charge < -0.3 is 0 Å². The highest BCUT2D eigenvalue weighted by Crippen LogP contribution is 2.18. The number of hydrogen-bond acceptors (Lipinski definition) is 4. The van der Waals surface area contributed by atoms with E-state index in [9.17, 15) is 0 Å². The van der Waals surface area contributed by atoms with Crippen LogP contribution in [0.15, 0.2) is 18.5 Å². The Morgan fingerprint density at radius 2 is 2.17 bits per heavy atom. The highest BCUT2D eigenvalue weighted by molar-refractivity contribution is 5.11. The molecule has 0 fully saturated rings. The molecular weight excluding hydrogens is 152 g/mol. The zero-order valence-electron chi connectivity index (χ0n) is 7.36. The minimum atomic E-state index is 0.153. The first-order valence-corrected chi connectivity index (χ1v) is 3.98. The number of nitrogens with one attached hydrogen (secondary N) is 1. The Balaban J connectivity index is 2.80. The van der Waals surface area contributed by atoms with E-state index in [1.807, 2.05) is 6.07 Å². The van der Waals surface area contributed by atoms with E-state index in [0.29, 0.717) is 5.92 Å². The van der Waals surface area contributed by atoms with Crippen molar-refractivity contribution in [2.45, 2.75) is 19.9 Å². The zero-order chi connectivity index (χ0) is 8.97. The molecule has 0 saturated heterocycles. The smallest absolute Gasteiger partial charge is 0.0544 e. The second kappa shape index (κ2) is 4.13. The van der Waals surface area contributed by atoms with Gasteiger partial charge in [0.1, 0.15) is 0 Å². The maximum absolute atomic E-state index is 5.41. The van der Waals surface area contributed by atoms with Gasteiger partial charge in [0.05, 0.1) is 6.20 Å². The van der Waals surface area contributed by atoms with Gasteiger partial charge in [-0.2, -0.15) is 10.2 Å². The average Bonchev–Trinajstić information content (AvgIpc) is 2.07. The van der Waals surface area contributed by atoms with E-state index in [2.05, 4.69) is 29.5 Å². The van der Waals surface area contributed by atoms with E-state index < -0.39 is 0 Å². The lowest BCUT2D eigenvalue weighted by Gasteiger charge is -2.19. The molecule has 0 saturated carbocycles. The van der Waals surface area contributed by atoms with Gasteiger partial charge in [0.2, 0.25) is 0 Å². The molecule has 66 valence electrons. The standard InChI is InChI=1S/C8H14N4/c1-6(2)8(12-9)7-3-4-10-11-5-7/h3-6,8,12H,9H2,1-2H3. The fourth-order valence-corrected chi connectivity index (χ4v) is 1.16. The Morgan fingerprint density at radius 3 is 2.58 bits per heavy atom. The molecule has 12 heavy (non-hydrogen) atoms. The normalized spacial score (nSPS) is 13.3. The summed E-state index contributed by atoms with van der Waals surface area (Å²) >= 11 is 0. The van der Waals surface area contributed by atoms with Crippen molar-refractivity contribution in [2.75, 3.05) is 0 Å². The first-order valence-electron chi connectivity index (χ1n) is 3.98. The Kier molecular flexibility index (Phi) is 3.13. The highest BCUT2D eigenvalue weighted by Gasteiger charge is 2.13. The van der Waals surface area contributed by atoms with Gasteiger partial charge in [0.25, 0.3) is 0 Å². The number of nitrogens with two attached hydrogens (primary N) is 1. The molecule has 1 aromatic rings. The zero-order valence-corrected chi connectivity index (χ0v) is 7.36. The second-order valence-corrected chi connectivity index (χ2v) is 3.06. The van der Waals surface area contributed by atoms with Crippen LogP contribution in [0.2, 0.25) is 0 Å². The Bertz CT molecular complexity index is 222. The molecule has 1 aromatic heterocycles. The molecule has 0 aliphatic rings. The third kappa shape index (κ3) is 1.99. The van der Waals surface area contributed by atoms with E-state index in [-0.39, 0.29) is 6.04 Å². The molecule has 0 aromatic carbocycles. The van der Waals surface area contributed by atoms with Crippen LogP contribution >= 0.6 is 0 Å². The van der Waals surface area contributed by atoms with Gasteiger partial charge in [-0.3, -0.25) is 11.3 Å². The van der Waals surface area contributed by atoms with E-state index >= 15 is 0 Å². The number of hydrazine groups is 1. The largest absolute Gasteiger partial charge is 0.271 e. The van der Waals surface area contributed by atoms with Crippen LogP contribution in [0, 0.1) is 5.92 Å². The molecule has 1 unspecified atom stereocenters. The van der Waals surface area contributed by atoms with Crippen molar-refractivity contribution in [1.29, 1.82) is 0 Å². The van der Waals surface area contributed by atoms with Crippen molar-refractivity contribution in [2.24, 2.45) is 11.8 Å². The predicted molar refractivity (Wildman–Crippen MR) is 46.9 cm³/mol. The Hall–Kier alpha value is -1.00. The molecule has 3 N–H and O–H groups in total. The van der Waals surface area contributed by atoms with Gasteiger partial charge in [-0.05, 0) is 17.5 Å². The Labute approximate surface area is 72.2 Å². The van der Waals surface area contributed by atoms with Crippen LogP contribution < -0.4 is 11.3 Å². The van der Waals surface area contributed by atoms with Gasteiger partial charge in [-0.15, -0.1) is 0 Å². The van der Waals surface area contributed by atoms with Crippen molar-refractivity contribution in [3.05, 3.63) is 24.0 Å². The fraction of sp³-hybridized carbons (Fsp3) is 0.500. The van der Waals surface area contributed by atoms with E-state index in [4.69, 9.17) is 5.84 Å². The van der Waals surface area contributed by atoms with Crippen molar-refractivity contribution >= 4 is 0 Å². The third-order valence-corrected chi connectivity index (χ3v) is 1.81. The van der Waals surface area contributed by atoms with Gasteiger partial charge in [0, 0.05) is 12.2 Å². The van der Waals surface area contributed by atoms with Gasteiger partial charge in [-0.1, -0.05) is 13.8 Å². The lowest BCUT2D eigenvalue weighted by molar-refractivity contribution is 0.419. The van der Waals surface area contributed by atoms with E-state index in [0.717, 1.165) is 5.56 Å². The molecule has 0 aliphatic heterocycles. The van der Waals surface area contributed by atoms with Crippen LogP contribution in [0.3, 0.4) is 0 Å². The molecule has 0 amide bonds. The number of rotatable bonds is 3. The summed E-state index contributed by atoms with van der Waals surface area (Å²) in [7, 11) is 0. The molecule has 0 bridgehead atoms.